The van der Waals surface area contributed by atoms with Gasteiger partial charge in [0.15, 0.2) is 0 Å². The molecule has 112 valence electrons. The van der Waals surface area contributed by atoms with E-state index in [9.17, 15) is 5.11 Å². The van der Waals surface area contributed by atoms with Gasteiger partial charge in [-0.05, 0) is 52.2 Å². The Kier molecular flexibility index (Phi) is 5.30. The van der Waals surface area contributed by atoms with Crippen molar-refractivity contribution in [3.05, 3.63) is 56.0 Å². The maximum Gasteiger partial charge on any atom is 0.142 e. The number of benzene rings is 2. The molecule has 0 saturated carbocycles. The summed E-state index contributed by atoms with van der Waals surface area (Å²) in [5.74, 6) is 1.23. The van der Waals surface area contributed by atoms with Crippen LogP contribution in [-0.2, 0) is 0 Å². The van der Waals surface area contributed by atoms with Crippen molar-refractivity contribution in [3.8, 4) is 11.5 Å². The van der Waals surface area contributed by atoms with Crippen molar-refractivity contribution < 1.29 is 14.6 Å². The zero-order valence-electron chi connectivity index (χ0n) is 12.0. The molecule has 0 heterocycles. The predicted molar refractivity (Wildman–Crippen MR) is 90.2 cm³/mol. The van der Waals surface area contributed by atoms with E-state index < -0.39 is 6.10 Å². The number of aliphatic hydroxyl groups is 1. The van der Waals surface area contributed by atoms with E-state index >= 15 is 0 Å². The summed E-state index contributed by atoms with van der Waals surface area (Å²) in [6, 6.07) is 9.38. The van der Waals surface area contributed by atoms with Gasteiger partial charge < -0.3 is 14.6 Å². The molecule has 2 aromatic rings. The lowest BCUT2D eigenvalue weighted by molar-refractivity contribution is 0.213. The Labute approximate surface area is 141 Å². The molecule has 0 aliphatic rings. The first-order chi connectivity index (χ1) is 10.0. The number of hydrogen-bond acceptors (Lipinski definition) is 3. The maximum atomic E-state index is 10.7. The van der Waals surface area contributed by atoms with Crippen molar-refractivity contribution >= 4 is 31.9 Å². The van der Waals surface area contributed by atoms with Gasteiger partial charge in [-0.25, -0.2) is 0 Å². The molecule has 0 spiro atoms. The molecule has 1 N–H and O–H groups in total. The largest absolute Gasteiger partial charge is 0.495 e. The van der Waals surface area contributed by atoms with Gasteiger partial charge in [-0.3, -0.25) is 0 Å². The zero-order chi connectivity index (χ0) is 15.6. The van der Waals surface area contributed by atoms with Gasteiger partial charge in [0.25, 0.3) is 0 Å². The van der Waals surface area contributed by atoms with E-state index in [1.54, 1.807) is 20.3 Å². The third-order valence-corrected chi connectivity index (χ3v) is 5.02. The van der Waals surface area contributed by atoms with Gasteiger partial charge in [-0.2, -0.15) is 0 Å². The Morgan fingerprint density at radius 2 is 1.71 bits per heavy atom. The minimum Gasteiger partial charge on any atom is -0.495 e. The molecule has 21 heavy (non-hydrogen) atoms. The van der Waals surface area contributed by atoms with Gasteiger partial charge in [0.1, 0.15) is 22.1 Å². The molecule has 0 fully saturated rings. The monoisotopic (exact) mass is 414 g/mol. The second-order valence-corrected chi connectivity index (χ2v) is 6.21. The van der Waals surface area contributed by atoms with E-state index in [0.29, 0.717) is 21.5 Å². The van der Waals surface area contributed by atoms with Crippen molar-refractivity contribution in [2.24, 2.45) is 0 Å². The summed E-state index contributed by atoms with van der Waals surface area (Å²) in [7, 11) is 3.16. The van der Waals surface area contributed by atoms with Crippen molar-refractivity contribution in [1.82, 2.24) is 0 Å². The fraction of sp³-hybridized carbons (Fsp3) is 0.250. The van der Waals surface area contributed by atoms with Crippen LogP contribution in [0.25, 0.3) is 0 Å². The van der Waals surface area contributed by atoms with Crippen molar-refractivity contribution in [2.75, 3.05) is 14.2 Å². The molecule has 1 unspecified atom stereocenters. The quantitative estimate of drug-likeness (QED) is 0.791. The standard InChI is InChI=1S/C16H16Br2O3/c1-9-10(5-4-6-12(9)17)15(19)11-7-8-13(20-2)14(18)16(11)21-3/h4-8,15,19H,1-3H3. The fourth-order valence-electron chi connectivity index (χ4n) is 2.22. The minimum absolute atomic E-state index is 0.571. The van der Waals surface area contributed by atoms with Crippen LogP contribution in [0, 0.1) is 6.92 Å². The normalized spacial score (nSPS) is 12.1. The molecule has 2 aromatic carbocycles. The highest BCUT2D eigenvalue weighted by Gasteiger charge is 2.21. The smallest absolute Gasteiger partial charge is 0.142 e. The second-order valence-electron chi connectivity index (χ2n) is 4.56. The third kappa shape index (κ3) is 3.10. The lowest BCUT2D eigenvalue weighted by Crippen LogP contribution is -2.05. The van der Waals surface area contributed by atoms with Crippen LogP contribution in [-0.4, -0.2) is 19.3 Å². The summed E-state index contributed by atoms with van der Waals surface area (Å²) in [5.41, 5.74) is 2.52. The summed E-state index contributed by atoms with van der Waals surface area (Å²) in [6.45, 7) is 1.97. The number of rotatable bonds is 4. The number of halogens is 2. The van der Waals surface area contributed by atoms with E-state index in [2.05, 4.69) is 31.9 Å². The molecule has 0 aliphatic heterocycles. The van der Waals surface area contributed by atoms with Crippen LogP contribution in [0.3, 0.4) is 0 Å². The molecular formula is C16H16Br2O3. The SMILES string of the molecule is COc1ccc(C(O)c2cccc(Br)c2C)c(OC)c1Br. The highest BCUT2D eigenvalue weighted by molar-refractivity contribution is 9.11. The maximum absolute atomic E-state index is 10.7. The molecule has 2 rings (SSSR count). The number of aliphatic hydroxyl groups excluding tert-OH is 1. The average molecular weight is 416 g/mol. The Hall–Kier alpha value is -1.04. The highest BCUT2D eigenvalue weighted by atomic mass is 79.9. The van der Waals surface area contributed by atoms with E-state index in [1.165, 1.54) is 0 Å². The summed E-state index contributed by atoms with van der Waals surface area (Å²) in [6.07, 6.45) is -0.778. The highest BCUT2D eigenvalue weighted by Crippen LogP contribution is 2.42. The van der Waals surface area contributed by atoms with Crippen molar-refractivity contribution in [1.29, 1.82) is 0 Å². The summed E-state index contributed by atoms with van der Waals surface area (Å²) in [5, 5.41) is 10.7. The van der Waals surface area contributed by atoms with E-state index in [4.69, 9.17) is 9.47 Å². The van der Waals surface area contributed by atoms with Gasteiger partial charge in [0.2, 0.25) is 0 Å². The van der Waals surface area contributed by atoms with Crippen LogP contribution in [0.2, 0.25) is 0 Å². The molecular weight excluding hydrogens is 400 g/mol. The van der Waals surface area contributed by atoms with Crippen LogP contribution in [0.15, 0.2) is 39.3 Å². The van der Waals surface area contributed by atoms with Crippen LogP contribution < -0.4 is 9.47 Å². The summed E-state index contributed by atoms with van der Waals surface area (Å²) < 4.78 is 12.3. The Balaban J connectivity index is 2.56. The third-order valence-electron chi connectivity index (χ3n) is 3.41. The Morgan fingerprint density at radius 1 is 1.00 bits per heavy atom. The molecule has 0 saturated heterocycles. The molecule has 0 aromatic heterocycles. The number of ether oxygens (including phenoxy) is 2. The van der Waals surface area contributed by atoms with E-state index in [-0.39, 0.29) is 0 Å². The average Bonchev–Trinajstić information content (AvgIpc) is 2.49. The molecule has 5 heteroatoms. The Bertz CT molecular complexity index is 656. The second kappa shape index (κ2) is 6.81. The number of methoxy groups -OCH3 is 2. The van der Waals surface area contributed by atoms with Gasteiger partial charge >= 0.3 is 0 Å². The van der Waals surface area contributed by atoms with Crippen LogP contribution in [0.4, 0.5) is 0 Å². The molecule has 0 radical (unpaired) electrons. The topological polar surface area (TPSA) is 38.7 Å². The fourth-order valence-corrected chi connectivity index (χ4v) is 3.29. The van der Waals surface area contributed by atoms with Crippen LogP contribution in [0.1, 0.15) is 22.8 Å². The molecule has 0 amide bonds. The summed E-state index contributed by atoms with van der Waals surface area (Å²) >= 11 is 6.94. The molecule has 0 bridgehead atoms. The first-order valence-corrected chi connectivity index (χ1v) is 7.93. The van der Waals surface area contributed by atoms with Gasteiger partial charge in [-0.1, -0.05) is 28.1 Å². The van der Waals surface area contributed by atoms with Crippen molar-refractivity contribution in [3.63, 3.8) is 0 Å². The van der Waals surface area contributed by atoms with Crippen molar-refractivity contribution in [2.45, 2.75) is 13.0 Å². The van der Waals surface area contributed by atoms with E-state index in [1.807, 2.05) is 31.2 Å². The lowest BCUT2D eigenvalue weighted by Gasteiger charge is -2.19. The first-order valence-electron chi connectivity index (χ1n) is 6.34. The molecule has 3 nitrogen and oxygen atoms in total. The first kappa shape index (κ1) is 16.3. The Morgan fingerprint density at radius 3 is 2.33 bits per heavy atom. The lowest BCUT2D eigenvalue weighted by atomic mass is 9.97. The van der Waals surface area contributed by atoms with Gasteiger partial charge in [0, 0.05) is 10.0 Å². The summed E-state index contributed by atoms with van der Waals surface area (Å²) in [4.78, 5) is 0. The van der Waals surface area contributed by atoms with E-state index in [0.717, 1.165) is 15.6 Å². The molecule has 1 atom stereocenters. The zero-order valence-corrected chi connectivity index (χ0v) is 15.2. The van der Waals surface area contributed by atoms with Crippen LogP contribution in [0.5, 0.6) is 11.5 Å². The minimum atomic E-state index is -0.778. The van der Waals surface area contributed by atoms with Gasteiger partial charge in [0.05, 0.1) is 14.2 Å². The van der Waals surface area contributed by atoms with Gasteiger partial charge in [-0.15, -0.1) is 0 Å². The predicted octanol–water partition coefficient (Wildman–Crippen LogP) is 4.62. The number of hydrogen-bond donors (Lipinski definition) is 1. The molecule has 0 aliphatic carbocycles. The van der Waals surface area contributed by atoms with Crippen LogP contribution >= 0.6 is 31.9 Å².